The van der Waals surface area contributed by atoms with E-state index in [9.17, 15) is 22.8 Å². The van der Waals surface area contributed by atoms with Gasteiger partial charge in [-0.1, -0.05) is 55.3 Å². The lowest BCUT2D eigenvalue weighted by atomic mass is 9.77. The highest BCUT2D eigenvalue weighted by atomic mass is 19.4. The molecule has 0 bridgehead atoms. The molecule has 2 saturated heterocycles. The summed E-state index contributed by atoms with van der Waals surface area (Å²) in [7, 11) is 0. The number of ether oxygens (including phenoxy) is 1. The van der Waals surface area contributed by atoms with Gasteiger partial charge in [-0.05, 0) is 74.9 Å². The van der Waals surface area contributed by atoms with Gasteiger partial charge in [-0.2, -0.15) is 0 Å². The first-order valence-electron chi connectivity index (χ1n) is 14.4. The monoisotopic (exact) mass is 557 g/mol. The Morgan fingerprint density at radius 1 is 0.975 bits per heavy atom. The van der Waals surface area contributed by atoms with E-state index in [2.05, 4.69) is 27.1 Å². The van der Waals surface area contributed by atoms with Crippen LogP contribution in [0.1, 0.15) is 68.5 Å². The molecule has 216 valence electrons. The Bertz CT molecular complexity index is 1140. The summed E-state index contributed by atoms with van der Waals surface area (Å²) < 4.78 is 41.2. The number of rotatable bonds is 9. The van der Waals surface area contributed by atoms with Crippen LogP contribution in [0.25, 0.3) is 0 Å². The number of nitrogens with one attached hydrogen (secondary N) is 1. The molecule has 5 rings (SSSR count). The lowest BCUT2D eigenvalue weighted by molar-refractivity contribution is -0.274. The SMILES string of the molecule is O=C(N[C@@H](CCN1CCC2(CC1)CCN(Cc1ccc(OC(F)(F)F)cc1)C2=O)c1ccccc1)C1CCCC1. The van der Waals surface area contributed by atoms with E-state index in [4.69, 9.17) is 0 Å². The molecular weight excluding hydrogens is 519 g/mol. The molecule has 3 aliphatic rings. The zero-order valence-electron chi connectivity index (χ0n) is 22.8. The van der Waals surface area contributed by atoms with E-state index in [1.165, 1.54) is 12.1 Å². The number of carbonyl (C=O) groups excluding carboxylic acids is 2. The molecule has 1 atom stereocenters. The van der Waals surface area contributed by atoms with E-state index in [-0.39, 0.29) is 34.9 Å². The zero-order valence-corrected chi connectivity index (χ0v) is 22.8. The maximum Gasteiger partial charge on any atom is 0.573 e. The molecule has 9 heteroatoms. The van der Waals surface area contributed by atoms with Crippen molar-refractivity contribution >= 4 is 11.8 Å². The van der Waals surface area contributed by atoms with Gasteiger partial charge in [-0.3, -0.25) is 9.59 Å². The number of nitrogens with zero attached hydrogens (tertiary/aromatic N) is 2. The molecule has 0 unspecified atom stereocenters. The van der Waals surface area contributed by atoms with Crippen molar-refractivity contribution in [1.29, 1.82) is 0 Å². The molecule has 3 fully saturated rings. The summed E-state index contributed by atoms with van der Waals surface area (Å²) in [5.41, 5.74) is 1.55. The number of carbonyl (C=O) groups is 2. The average molecular weight is 558 g/mol. The van der Waals surface area contributed by atoms with Gasteiger partial charge in [0, 0.05) is 25.6 Å². The van der Waals surface area contributed by atoms with Crippen LogP contribution in [-0.4, -0.2) is 54.2 Å². The van der Waals surface area contributed by atoms with E-state index in [0.29, 0.717) is 13.1 Å². The fourth-order valence-electron chi connectivity index (χ4n) is 6.53. The summed E-state index contributed by atoms with van der Waals surface area (Å²) in [6.45, 7) is 3.56. The largest absolute Gasteiger partial charge is 0.573 e. The smallest absolute Gasteiger partial charge is 0.406 e. The van der Waals surface area contributed by atoms with Crippen LogP contribution in [0.3, 0.4) is 0 Å². The molecule has 0 radical (unpaired) electrons. The van der Waals surface area contributed by atoms with Crippen molar-refractivity contribution in [3.8, 4) is 5.75 Å². The molecule has 1 N–H and O–H groups in total. The molecule has 1 saturated carbocycles. The maximum atomic E-state index is 13.4. The lowest BCUT2D eigenvalue weighted by Crippen LogP contribution is -2.45. The summed E-state index contributed by atoms with van der Waals surface area (Å²) >= 11 is 0. The molecular formula is C31H38F3N3O3. The van der Waals surface area contributed by atoms with Gasteiger partial charge in [0.2, 0.25) is 11.8 Å². The minimum absolute atomic E-state index is 0.0262. The first kappa shape index (κ1) is 28.5. The lowest BCUT2D eigenvalue weighted by Gasteiger charge is -2.38. The van der Waals surface area contributed by atoms with Gasteiger partial charge in [-0.15, -0.1) is 13.2 Å². The third-order valence-electron chi connectivity index (χ3n) is 8.92. The Balaban J connectivity index is 1.12. The fourth-order valence-corrected chi connectivity index (χ4v) is 6.53. The highest BCUT2D eigenvalue weighted by Crippen LogP contribution is 2.42. The van der Waals surface area contributed by atoms with Crippen molar-refractivity contribution in [2.75, 3.05) is 26.2 Å². The second-order valence-corrected chi connectivity index (χ2v) is 11.5. The van der Waals surface area contributed by atoms with Crippen LogP contribution in [0, 0.1) is 11.3 Å². The highest BCUT2D eigenvalue weighted by Gasteiger charge is 2.48. The van der Waals surface area contributed by atoms with E-state index < -0.39 is 6.36 Å². The topological polar surface area (TPSA) is 61.9 Å². The zero-order chi connectivity index (χ0) is 28.2. The van der Waals surface area contributed by atoms with Gasteiger partial charge in [0.05, 0.1) is 11.5 Å². The second kappa shape index (κ2) is 12.2. The molecule has 2 amide bonds. The standard InChI is InChI=1S/C31H38F3N3O3/c32-31(33,34)40-26-12-10-23(11-13-26)22-37-21-17-30(29(37)39)15-19-36(20-16-30)18-14-27(24-6-2-1-3-7-24)35-28(38)25-8-4-5-9-25/h1-3,6-7,10-13,25,27H,4-5,8-9,14-22H2,(H,35,38)/t27-/m0/s1. The van der Waals surface area contributed by atoms with Crippen molar-refractivity contribution in [1.82, 2.24) is 15.1 Å². The van der Waals surface area contributed by atoms with E-state index >= 15 is 0 Å². The van der Waals surface area contributed by atoms with E-state index in [1.807, 2.05) is 23.1 Å². The quantitative estimate of drug-likeness (QED) is 0.421. The van der Waals surface area contributed by atoms with Crippen molar-refractivity contribution in [2.45, 2.75) is 70.3 Å². The van der Waals surface area contributed by atoms with Crippen LogP contribution in [0.2, 0.25) is 0 Å². The van der Waals surface area contributed by atoms with Crippen LogP contribution in [0.15, 0.2) is 54.6 Å². The molecule has 2 heterocycles. The molecule has 1 spiro atoms. The van der Waals surface area contributed by atoms with Gasteiger partial charge in [-0.25, -0.2) is 0 Å². The maximum absolute atomic E-state index is 13.4. The van der Waals surface area contributed by atoms with Crippen molar-refractivity contribution < 1.29 is 27.5 Å². The van der Waals surface area contributed by atoms with Gasteiger partial charge in [0.25, 0.3) is 0 Å². The number of amides is 2. The van der Waals surface area contributed by atoms with Crippen molar-refractivity contribution in [3.63, 3.8) is 0 Å². The Kier molecular flexibility index (Phi) is 8.68. The van der Waals surface area contributed by atoms with E-state index in [1.54, 1.807) is 12.1 Å². The number of likely N-dealkylation sites (tertiary alicyclic amines) is 2. The minimum Gasteiger partial charge on any atom is -0.406 e. The Labute approximate surface area is 233 Å². The number of hydrogen-bond acceptors (Lipinski definition) is 4. The van der Waals surface area contributed by atoms with Crippen LogP contribution < -0.4 is 10.1 Å². The van der Waals surface area contributed by atoms with E-state index in [0.717, 1.165) is 82.1 Å². The van der Waals surface area contributed by atoms with Crippen molar-refractivity contribution in [3.05, 3.63) is 65.7 Å². The van der Waals surface area contributed by atoms with Crippen LogP contribution >= 0.6 is 0 Å². The molecule has 2 aromatic rings. The number of hydrogen-bond donors (Lipinski definition) is 1. The number of alkyl halides is 3. The second-order valence-electron chi connectivity index (χ2n) is 11.5. The third kappa shape index (κ3) is 6.97. The van der Waals surface area contributed by atoms with Gasteiger partial charge >= 0.3 is 6.36 Å². The van der Waals surface area contributed by atoms with Crippen LogP contribution in [0.4, 0.5) is 13.2 Å². The first-order chi connectivity index (χ1) is 19.2. The summed E-state index contributed by atoms with van der Waals surface area (Å²) in [5, 5.41) is 3.32. The molecule has 6 nitrogen and oxygen atoms in total. The summed E-state index contributed by atoms with van der Waals surface area (Å²) in [4.78, 5) is 30.6. The molecule has 1 aliphatic carbocycles. The molecule has 40 heavy (non-hydrogen) atoms. The summed E-state index contributed by atoms with van der Waals surface area (Å²) in [6, 6.07) is 15.9. The van der Waals surface area contributed by atoms with Crippen LogP contribution in [-0.2, 0) is 16.1 Å². The first-order valence-corrected chi connectivity index (χ1v) is 14.4. The van der Waals surface area contributed by atoms with Gasteiger partial charge in [0.1, 0.15) is 5.75 Å². The molecule has 2 aromatic carbocycles. The summed E-state index contributed by atoms with van der Waals surface area (Å²) in [6.07, 6.45) is 2.71. The Morgan fingerprint density at radius 2 is 1.62 bits per heavy atom. The number of halogens is 3. The summed E-state index contributed by atoms with van der Waals surface area (Å²) in [5.74, 6) is 0.181. The van der Waals surface area contributed by atoms with Gasteiger partial charge < -0.3 is 19.9 Å². The van der Waals surface area contributed by atoms with Crippen LogP contribution in [0.5, 0.6) is 5.75 Å². The fraction of sp³-hybridized carbons (Fsp3) is 0.548. The highest BCUT2D eigenvalue weighted by molar-refractivity contribution is 5.85. The Morgan fingerprint density at radius 3 is 2.27 bits per heavy atom. The normalized spacial score (nSPS) is 20.7. The molecule has 0 aromatic heterocycles. The average Bonchev–Trinajstić information content (AvgIpc) is 3.58. The predicted molar refractivity (Wildman–Crippen MR) is 145 cm³/mol. The number of benzene rings is 2. The van der Waals surface area contributed by atoms with Gasteiger partial charge in [0.15, 0.2) is 0 Å². The Hall–Kier alpha value is -3.07. The third-order valence-corrected chi connectivity index (χ3v) is 8.92. The predicted octanol–water partition coefficient (Wildman–Crippen LogP) is 5.84. The van der Waals surface area contributed by atoms with Crippen molar-refractivity contribution in [2.24, 2.45) is 11.3 Å². The minimum atomic E-state index is -4.72. The number of piperidine rings is 1. The molecule has 2 aliphatic heterocycles.